The Bertz CT molecular complexity index is 757. The van der Waals surface area contributed by atoms with Gasteiger partial charge in [-0.1, -0.05) is 24.3 Å². The SMILES string of the molecule is CN=C(NCCOc1ccccc1)NCCc1ccc(OC)c(OC)c1OC.I. The number of rotatable bonds is 10. The van der Waals surface area contributed by atoms with Gasteiger partial charge in [-0.3, -0.25) is 4.99 Å². The van der Waals surface area contributed by atoms with Crippen molar-refractivity contribution in [3.63, 3.8) is 0 Å². The number of methoxy groups -OCH3 is 3. The Kier molecular flexibility index (Phi) is 11.7. The molecular weight excluding hydrogens is 485 g/mol. The second-order valence-electron chi connectivity index (χ2n) is 5.83. The zero-order valence-corrected chi connectivity index (χ0v) is 19.7. The molecule has 0 heterocycles. The maximum absolute atomic E-state index is 5.66. The molecule has 8 heteroatoms. The van der Waals surface area contributed by atoms with Crippen LogP contribution in [-0.4, -0.2) is 54.0 Å². The van der Waals surface area contributed by atoms with Gasteiger partial charge in [0.2, 0.25) is 5.75 Å². The van der Waals surface area contributed by atoms with Crippen molar-refractivity contribution in [1.82, 2.24) is 10.6 Å². The van der Waals surface area contributed by atoms with Crippen LogP contribution in [0, 0.1) is 0 Å². The monoisotopic (exact) mass is 515 g/mol. The molecule has 0 bridgehead atoms. The van der Waals surface area contributed by atoms with Crippen molar-refractivity contribution in [2.45, 2.75) is 6.42 Å². The minimum atomic E-state index is 0. The van der Waals surface area contributed by atoms with Gasteiger partial charge in [-0.05, 0) is 24.6 Å². The van der Waals surface area contributed by atoms with Crippen LogP contribution in [0.15, 0.2) is 47.5 Å². The molecule has 2 aromatic rings. The van der Waals surface area contributed by atoms with Crippen LogP contribution in [-0.2, 0) is 6.42 Å². The maximum atomic E-state index is 5.66. The van der Waals surface area contributed by atoms with Crippen molar-refractivity contribution in [1.29, 1.82) is 0 Å². The maximum Gasteiger partial charge on any atom is 0.203 e. The molecule has 0 unspecified atom stereocenters. The Labute approximate surface area is 189 Å². The van der Waals surface area contributed by atoms with E-state index in [1.54, 1.807) is 28.4 Å². The van der Waals surface area contributed by atoms with Gasteiger partial charge in [0.05, 0.1) is 27.9 Å². The number of hydrogen-bond acceptors (Lipinski definition) is 5. The van der Waals surface area contributed by atoms with E-state index < -0.39 is 0 Å². The number of hydrogen-bond donors (Lipinski definition) is 2. The highest BCUT2D eigenvalue weighted by Gasteiger charge is 2.15. The van der Waals surface area contributed by atoms with Crippen LogP contribution in [0.1, 0.15) is 5.56 Å². The van der Waals surface area contributed by atoms with Gasteiger partial charge in [-0.25, -0.2) is 0 Å². The fraction of sp³-hybridized carbons (Fsp3) is 0.381. The number of para-hydroxylation sites is 1. The molecule has 160 valence electrons. The summed E-state index contributed by atoms with van der Waals surface area (Å²) < 4.78 is 21.9. The number of benzene rings is 2. The molecule has 0 atom stereocenters. The van der Waals surface area contributed by atoms with Crippen LogP contribution >= 0.6 is 24.0 Å². The molecule has 29 heavy (non-hydrogen) atoms. The second kappa shape index (κ2) is 13.8. The van der Waals surface area contributed by atoms with E-state index in [4.69, 9.17) is 18.9 Å². The summed E-state index contributed by atoms with van der Waals surface area (Å²) in [7, 11) is 6.58. The third-order valence-electron chi connectivity index (χ3n) is 4.10. The van der Waals surface area contributed by atoms with Gasteiger partial charge in [0.1, 0.15) is 12.4 Å². The minimum absolute atomic E-state index is 0. The normalized spacial score (nSPS) is 10.6. The molecule has 0 fully saturated rings. The lowest BCUT2D eigenvalue weighted by atomic mass is 10.1. The van der Waals surface area contributed by atoms with Crippen molar-refractivity contribution >= 4 is 29.9 Å². The van der Waals surface area contributed by atoms with Crippen LogP contribution < -0.4 is 29.6 Å². The number of nitrogens with zero attached hydrogens (tertiary/aromatic N) is 1. The topological polar surface area (TPSA) is 73.3 Å². The van der Waals surface area contributed by atoms with Crippen molar-refractivity contribution in [3.05, 3.63) is 48.0 Å². The largest absolute Gasteiger partial charge is 0.493 e. The summed E-state index contributed by atoms with van der Waals surface area (Å²) in [4.78, 5) is 4.23. The van der Waals surface area contributed by atoms with E-state index in [-0.39, 0.29) is 24.0 Å². The lowest BCUT2D eigenvalue weighted by Gasteiger charge is -2.16. The Morgan fingerprint density at radius 1 is 0.862 bits per heavy atom. The average molecular weight is 515 g/mol. The van der Waals surface area contributed by atoms with E-state index in [0.717, 1.165) is 23.7 Å². The first-order valence-corrected chi connectivity index (χ1v) is 9.13. The number of halogens is 1. The summed E-state index contributed by atoms with van der Waals surface area (Å²) in [5, 5.41) is 6.52. The van der Waals surface area contributed by atoms with Crippen molar-refractivity contribution < 1.29 is 18.9 Å². The molecule has 0 aromatic heterocycles. The van der Waals surface area contributed by atoms with E-state index in [0.29, 0.717) is 36.9 Å². The van der Waals surface area contributed by atoms with Gasteiger partial charge in [-0.15, -0.1) is 24.0 Å². The van der Waals surface area contributed by atoms with Gasteiger partial charge in [0.15, 0.2) is 17.5 Å². The molecule has 2 rings (SSSR count). The molecule has 0 aliphatic heterocycles. The van der Waals surface area contributed by atoms with Crippen LogP contribution in [0.4, 0.5) is 0 Å². The molecule has 0 saturated carbocycles. The molecule has 0 amide bonds. The summed E-state index contributed by atoms with van der Waals surface area (Å²) in [6, 6.07) is 13.6. The summed E-state index contributed by atoms with van der Waals surface area (Å²) >= 11 is 0. The standard InChI is InChI=1S/C21H29N3O4.HI/c1-22-21(24-14-15-28-17-8-6-5-7-9-17)23-13-12-16-10-11-18(25-2)20(27-4)19(16)26-3;/h5-11H,12-15H2,1-4H3,(H2,22,23,24);1H. The summed E-state index contributed by atoms with van der Waals surface area (Å²) in [6.45, 7) is 1.88. The minimum Gasteiger partial charge on any atom is -0.493 e. The Morgan fingerprint density at radius 2 is 1.55 bits per heavy atom. The Morgan fingerprint density at radius 3 is 2.17 bits per heavy atom. The fourth-order valence-corrected chi connectivity index (χ4v) is 2.75. The Balaban J connectivity index is 0.00000420. The van der Waals surface area contributed by atoms with Crippen LogP contribution in [0.25, 0.3) is 0 Å². The van der Waals surface area contributed by atoms with Crippen LogP contribution in [0.3, 0.4) is 0 Å². The predicted molar refractivity (Wildman–Crippen MR) is 127 cm³/mol. The lowest BCUT2D eigenvalue weighted by Crippen LogP contribution is -2.40. The molecule has 7 nitrogen and oxygen atoms in total. The van der Waals surface area contributed by atoms with Crippen molar-refractivity contribution in [2.75, 3.05) is 48.1 Å². The van der Waals surface area contributed by atoms with Gasteiger partial charge in [-0.2, -0.15) is 0 Å². The first-order chi connectivity index (χ1) is 13.7. The van der Waals surface area contributed by atoms with Crippen molar-refractivity contribution in [2.24, 2.45) is 4.99 Å². The molecule has 0 saturated heterocycles. The van der Waals surface area contributed by atoms with E-state index in [1.807, 2.05) is 42.5 Å². The highest BCUT2D eigenvalue weighted by atomic mass is 127. The zero-order valence-electron chi connectivity index (χ0n) is 17.4. The average Bonchev–Trinajstić information content (AvgIpc) is 2.75. The molecule has 0 spiro atoms. The Hall–Kier alpha value is -2.36. The smallest absolute Gasteiger partial charge is 0.203 e. The molecule has 2 aromatic carbocycles. The quantitative estimate of drug-likeness (QED) is 0.219. The summed E-state index contributed by atoms with van der Waals surface area (Å²) in [6.07, 6.45) is 0.741. The molecule has 0 aliphatic rings. The number of nitrogens with one attached hydrogen (secondary N) is 2. The zero-order chi connectivity index (χ0) is 20.2. The fourth-order valence-electron chi connectivity index (χ4n) is 2.75. The molecule has 0 aliphatic carbocycles. The third-order valence-corrected chi connectivity index (χ3v) is 4.10. The predicted octanol–water partition coefficient (Wildman–Crippen LogP) is 3.12. The number of guanidine groups is 1. The summed E-state index contributed by atoms with van der Waals surface area (Å²) in [5.74, 6) is 3.50. The summed E-state index contributed by atoms with van der Waals surface area (Å²) in [5.41, 5.74) is 1.02. The van der Waals surface area contributed by atoms with E-state index in [2.05, 4.69) is 15.6 Å². The van der Waals surface area contributed by atoms with Gasteiger partial charge < -0.3 is 29.6 Å². The van der Waals surface area contributed by atoms with E-state index >= 15 is 0 Å². The highest BCUT2D eigenvalue weighted by Crippen LogP contribution is 2.39. The first kappa shape index (κ1) is 24.7. The van der Waals surface area contributed by atoms with Gasteiger partial charge in [0, 0.05) is 19.2 Å². The molecular formula is C21H30IN3O4. The van der Waals surface area contributed by atoms with Crippen LogP contribution in [0.2, 0.25) is 0 Å². The molecule has 2 N–H and O–H groups in total. The van der Waals surface area contributed by atoms with Gasteiger partial charge >= 0.3 is 0 Å². The lowest BCUT2D eigenvalue weighted by molar-refractivity contribution is 0.321. The van der Waals surface area contributed by atoms with Crippen LogP contribution in [0.5, 0.6) is 23.0 Å². The first-order valence-electron chi connectivity index (χ1n) is 9.13. The van der Waals surface area contributed by atoms with Gasteiger partial charge in [0.25, 0.3) is 0 Å². The molecule has 0 radical (unpaired) electrons. The highest BCUT2D eigenvalue weighted by molar-refractivity contribution is 14.0. The second-order valence-corrected chi connectivity index (χ2v) is 5.83. The number of aliphatic imine (C=N–C) groups is 1. The third kappa shape index (κ3) is 7.52. The van der Waals surface area contributed by atoms with E-state index in [1.165, 1.54) is 0 Å². The number of ether oxygens (including phenoxy) is 4. The van der Waals surface area contributed by atoms with E-state index in [9.17, 15) is 0 Å². The van der Waals surface area contributed by atoms with Crippen molar-refractivity contribution in [3.8, 4) is 23.0 Å².